The molecule has 0 saturated heterocycles. The monoisotopic (exact) mass is 238 g/mol. The third-order valence-corrected chi connectivity index (χ3v) is 1.91. The molecule has 0 aromatic heterocycles. The van der Waals surface area contributed by atoms with E-state index in [-0.39, 0.29) is 25.1 Å². The van der Waals surface area contributed by atoms with Crippen molar-refractivity contribution in [2.45, 2.75) is 26.3 Å². The summed E-state index contributed by atoms with van der Waals surface area (Å²) in [6, 6.07) is 8.91. The molecule has 1 aromatic carbocycles. The maximum Gasteiger partial charge on any atom is 0.234 e. The first-order valence-electron chi connectivity index (χ1n) is 5.84. The molecule has 96 valence electrons. The van der Waals surface area contributed by atoms with Crippen molar-refractivity contribution in [1.82, 2.24) is 5.32 Å². The van der Waals surface area contributed by atoms with Crippen molar-refractivity contribution in [1.29, 1.82) is 0 Å². The van der Waals surface area contributed by atoms with E-state index < -0.39 is 0 Å². The number of rotatable bonds is 4. The fraction of sp³-hybridized carbons (Fsp3) is 0.462. The van der Waals surface area contributed by atoms with Crippen LogP contribution in [0.4, 0.5) is 0 Å². The summed E-state index contributed by atoms with van der Waals surface area (Å²) in [5.74, 6) is -0.270. The van der Waals surface area contributed by atoms with Crippen molar-refractivity contribution in [2.24, 2.45) is 5.73 Å². The zero-order valence-corrected chi connectivity index (χ0v) is 10.5. The van der Waals surface area contributed by atoms with Gasteiger partial charge in [0.15, 0.2) is 0 Å². The predicted molar refractivity (Wildman–Crippen MR) is 69.4 cm³/mol. The molecular formula is C13H22N2O2. The number of nitrogens with two attached hydrogens (primary N) is 1. The Bertz CT molecular complexity index is 302. The third-order valence-electron chi connectivity index (χ3n) is 1.91. The summed E-state index contributed by atoms with van der Waals surface area (Å²) in [5.41, 5.74) is 6.03. The van der Waals surface area contributed by atoms with E-state index in [0.29, 0.717) is 0 Å². The zero-order valence-electron chi connectivity index (χ0n) is 10.5. The van der Waals surface area contributed by atoms with E-state index in [1.54, 1.807) is 0 Å². The number of amides is 1. The van der Waals surface area contributed by atoms with E-state index in [2.05, 4.69) is 19.2 Å². The summed E-state index contributed by atoms with van der Waals surface area (Å²) in [4.78, 5) is 11.0. The van der Waals surface area contributed by atoms with Crippen molar-refractivity contribution < 1.29 is 9.90 Å². The standard InChI is InChI=1S/C10H14N2O2.C3H8/c11-6-10(14)12-9(7-13)8-4-2-1-3-5-8;1-3-2/h1-5,9,13H,6-7,11H2,(H,12,14);3H2,1-2H3. The van der Waals surface area contributed by atoms with Gasteiger partial charge in [0.1, 0.15) is 0 Å². The Morgan fingerprint density at radius 3 is 2.29 bits per heavy atom. The van der Waals surface area contributed by atoms with E-state index >= 15 is 0 Å². The van der Waals surface area contributed by atoms with Crippen molar-refractivity contribution in [3.05, 3.63) is 35.9 Å². The molecule has 1 aromatic rings. The average Bonchev–Trinajstić information content (AvgIpc) is 2.37. The highest BCUT2D eigenvalue weighted by atomic mass is 16.3. The van der Waals surface area contributed by atoms with Gasteiger partial charge in [0.2, 0.25) is 5.91 Å². The Hall–Kier alpha value is -1.39. The molecule has 1 unspecified atom stereocenters. The number of hydrogen-bond acceptors (Lipinski definition) is 3. The van der Waals surface area contributed by atoms with Gasteiger partial charge in [-0.25, -0.2) is 0 Å². The fourth-order valence-corrected chi connectivity index (χ4v) is 1.17. The normalized spacial score (nSPS) is 11.1. The van der Waals surface area contributed by atoms with Crippen LogP contribution in [0.25, 0.3) is 0 Å². The summed E-state index contributed by atoms with van der Waals surface area (Å²) in [6.45, 7) is 4.05. The summed E-state index contributed by atoms with van der Waals surface area (Å²) in [5, 5.41) is 11.7. The van der Waals surface area contributed by atoms with Gasteiger partial charge in [0.25, 0.3) is 0 Å². The molecule has 0 heterocycles. The largest absolute Gasteiger partial charge is 0.394 e. The van der Waals surface area contributed by atoms with Crippen LogP contribution in [0.5, 0.6) is 0 Å². The molecular weight excluding hydrogens is 216 g/mol. The number of benzene rings is 1. The number of aliphatic hydroxyl groups is 1. The minimum absolute atomic E-state index is 0.0661. The molecule has 0 aliphatic carbocycles. The lowest BCUT2D eigenvalue weighted by Crippen LogP contribution is -2.35. The lowest BCUT2D eigenvalue weighted by Gasteiger charge is -2.15. The quantitative estimate of drug-likeness (QED) is 0.738. The number of carbonyl (C=O) groups excluding carboxylic acids is 1. The molecule has 17 heavy (non-hydrogen) atoms. The SMILES string of the molecule is CCC.NCC(=O)NC(CO)c1ccccc1. The van der Waals surface area contributed by atoms with E-state index in [9.17, 15) is 4.79 Å². The van der Waals surface area contributed by atoms with E-state index in [1.807, 2.05) is 30.3 Å². The van der Waals surface area contributed by atoms with Gasteiger partial charge >= 0.3 is 0 Å². The minimum atomic E-state index is -0.368. The summed E-state index contributed by atoms with van der Waals surface area (Å²) < 4.78 is 0. The van der Waals surface area contributed by atoms with Gasteiger partial charge in [-0.05, 0) is 5.56 Å². The first kappa shape index (κ1) is 15.6. The van der Waals surface area contributed by atoms with Crippen LogP contribution in [-0.2, 0) is 4.79 Å². The first-order valence-corrected chi connectivity index (χ1v) is 5.84. The van der Waals surface area contributed by atoms with Gasteiger partial charge in [-0.2, -0.15) is 0 Å². The number of carbonyl (C=O) groups is 1. The smallest absolute Gasteiger partial charge is 0.234 e. The molecule has 0 fully saturated rings. The van der Waals surface area contributed by atoms with Gasteiger partial charge in [0, 0.05) is 0 Å². The van der Waals surface area contributed by atoms with Crippen LogP contribution >= 0.6 is 0 Å². The fourth-order valence-electron chi connectivity index (χ4n) is 1.17. The lowest BCUT2D eigenvalue weighted by atomic mass is 10.1. The van der Waals surface area contributed by atoms with Crippen molar-refractivity contribution in [2.75, 3.05) is 13.2 Å². The van der Waals surface area contributed by atoms with Gasteiger partial charge in [0.05, 0.1) is 19.2 Å². The van der Waals surface area contributed by atoms with Crippen molar-refractivity contribution in [3.8, 4) is 0 Å². The number of nitrogens with one attached hydrogen (secondary N) is 1. The number of hydrogen-bond donors (Lipinski definition) is 3. The van der Waals surface area contributed by atoms with Crippen molar-refractivity contribution >= 4 is 5.91 Å². The van der Waals surface area contributed by atoms with Crippen LogP contribution in [-0.4, -0.2) is 24.2 Å². The van der Waals surface area contributed by atoms with Crippen LogP contribution in [0.15, 0.2) is 30.3 Å². The van der Waals surface area contributed by atoms with Gasteiger partial charge in [-0.15, -0.1) is 0 Å². The molecule has 0 saturated carbocycles. The Kier molecular flexibility index (Phi) is 9.01. The molecule has 1 amide bonds. The summed E-state index contributed by atoms with van der Waals surface area (Å²) >= 11 is 0. The van der Waals surface area contributed by atoms with E-state index in [0.717, 1.165) is 5.56 Å². The van der Waals surface area contributed by atoms with Gasteiger partial charge in [-0.1, -0.05) is 50.6 Å². The average molecular weight is 238 g/mol. The molecule has 0 bridgehead atoms. The highest BCUT2D eigenvalue weighted by molar-refractivity contribution is 5.78. The molecule has 4 nitrogen and oxygen atoms in total. The van der Waals surface area contributed by atoms with Crippen LogP contribution in [0.1, 0.15) is 31.9 Å². The zero-order chi connectivity index (χ0) is 13.1. The second kappa shape index (κ2) is 9.81. The second-order valence-electron chi connectivity index (χ2n) is 3.62. The minimum Gasteiger partial charge on any atom is -0.394 e. The maximum atomic E-state index is 11.0. The molecule has 1 rings (SSSR count). The summed E-state index contributed by atoms with van der Waals surface area (Å²) in [7, 11) is 0. The molecule has 0 aliphatic rings. The van der Waals surface area contributed by atoms with Crippen LogP contribution in [0, 0.1) is 0 Å². The molecule has 0 aliphatic heterocycles. The molecule has 1 atom stereocenters. The van der Waals surface area contributed by atoms with Gasteiger partial charge in [-0.3, -0.25) is 4.79 Å². The Labute approximate surface area is 103 Å². The van der Waals surface area contributed by atoms with Crippen LogP contribution in [0.2, 0.25) is 0 Å². The Balaban J connectivity index is 0.000000770. The Morgan fingerprint density at radius 1 is 1.35 bits per heavy atom. The molecule has 4 N–H and O–H groups in total. The molecule has 0 spiro atoms. The first-order chi connectivity index (χ1) is 8.19. The number of aliphatic hydroxyl groups excluding tert-OH is 1. The highest BCUT2D eigenvalue weighted by Gasteiger charge is 2.11. The molecule has 0 radical (unpaired) electrons. The van der Waals surface area contributed by atoms with Gasteiger partial charge < -0.3 is 16.2 Å². The van der Waals surface area contributed by atoms with Crippen molar-refractivity contribution in [3.63, 3.8) is 0 Å². The van der Waals surface area contributed by atoms with E-state index in [4.69, 9.17) is 10.8 Å². The maximum absolute atomic E-state index is 11.0. The third kappa shape index (κ3) is 6.71. The van der Waals surface area contributed by atoms with Crippen LogP contribution in [0.3, 0.4) is 0 Å². The lowest BCUT2D eigenvalue weighted by molar-refractivity contribution is -0.120. The van der Waals surface area contributed by atoms with Crippen LogP contribution < -0.4 is 11.1 Å². The summed E-state index contributed by atoms with van der Waals surface area (Å²) in [6.07, 6.45) is 1.25. The topological polar surface area (TPSA) is 75.4 Å². The highest BCUT2D eigenvalue weighted by Crippen LogP contribution is 2.10. The second-order valence-corrected chi connectivity index (χ2v) is 3.62. The Morgan fingerprint density at radius 2 is 1.88 bits per heavy atom. The van der Waals surface area contributed by atoms with E-state index in [1.165, 1.54) is 6.42 Å². The predicted octanol–water partition coefficient (Wildman–Crippen LogP) is 1.21. The molecule has 4 heteroatoms.